The molecule has 0 aromatic heterocycles. The lowest BCUT2D eigenvalue weighted by molar-refractivity contribution is -0.187. The van der Waals surface area contributed by atoms with E-state index in [0.29, 0.717) is 11.8 Å². The average molecular weight is 250 g/mol. The van der Waals surface area contributed by atoms with Gasteiger partial charge in [-0.25, -0.2) is 0 Å². The molecule has 3 nitrogen and oxygen atoms in total. The van der Waals surface area contributed by atoms with Crippen LogP contribution in [0, 0.1) is 11.8 Å². The number of carbonyl (C=O) groups excluding carboxylic acids is 1. The molecule has 0 saturated heterocycles. The minimum atomic E-state index is -4.71. The van der Waals surface area contributed by atoms with Gasteiger partial charge in [-0.3, -0.25) is 4.79 Å². The number of fused-ring (bicyclic) bond motifs is 2. The minimum Gasteiger partial charge on any atom is -0.351 e. The van der Waals surface area contributed by atoms with Crippen LogP contribution in [0.25, 0.3) is 0 Å². The van der Waals surface area contributed by atoms with Gasteiger partial charge in [-0.05, 0) is 38.0 Å². The van der Waals surface area contributed by atoms with Gasteiger partial charge in [0.1, 0.15) is 0 Å². The van der Waals surface area contributed by atoms with E-state index in [2.05, 4.69) is 5.32 Å². The van der Waals surface area contributed by atoms with Crippen molar-refractivity contribution in [2.75, 3.05) is 0 Å². The van der Waals surface area contributed by atoms with Gasteiger partial charge in [0, 0.05) is 6.04 Å². The lowest BCUT2D eigenvalue weighted by Gasteiger charge is -2.30. The van der Waals surface area contributed by atoms with E-state index in [1.165, 1.54) is 0 Å². The summed E-state index contributed by atoms with van der Waals surface area (Å²) in [5, 5.41) is 2.47. The molecule has 2 saturated carbocycles. The Labute approximate surface area is 97.9 Å². The summed E-state index contributed by atoms with van der Waals surface area (Å²) < 4.78 is 37.7. The van der Waals surface area contributed by atoms with Gasteiger partial charge in [0.05, 0.1) is 0 Å². The molecule has 98 valence electrons. The third kappa shape index (κ3) is 2.14. The van der Waals surface area contributed by atoms with E-state index in [-0.39, 0.29) is 6.04 Å². The van der Waals surface area contributed by atoms with Crippen LogP contribution in [0.1, 0.15) is 32.6 Å². The molecule has 0 aromatic carbocycles. The number of alkyl halides is 3. The van der Waals surface area contributed by atoms with Gasteiger partial charge in [0.15, 0.2) is 5.54 Å². The fourth-order valence-corrected chi connectivity index (χ4v) is 2.87. The highest BCUT2D eigenvalue weighted by Gasteiger charge is 2.55. The Morgan fingerprint density at radius 3 is 2.35 bits per heavy atom. The van der Waals surface area contributed by atoms with Gasteiger partial charge in [0.25, 0.3) is 0 Å². The number of carbonyl (C=O) groups is 1. The Balaban J connectivity index is 1.98. The van der Waals surface area contributed by atoms with E-state index in [4.69, 9.17) is 5.73 Å². The van der Waals surface area contributed by atoms with Crippen molar-refractivity contribution >= 4 is 5.91 Å². The molecule has 2 aliphatic rings. The van der Waals surface area contributed by atoms with E-state index < -0.39 is 17.6 Å². The quantitative estimate of drug-likeness (QED) is 0.781. The zero-order chi connectivity index (χ0) is 12.8. The van der Waals surface area contributed by atoms with Crippen LogP contribution in [0.5, 0.6) is 0 Å². The van der Waals surface area contributed by atoms with Crippen molar-refractivity contribution in [3.8, 4) is 0 Å². The molecule has 4 unspecified atom stereocenters. The van der Waals surface area contributed by atoms with Gasteiger partial charge in [-0.15, -0.1) is 0 Å². The molecule has 0 spiro atoms. The number of nitrogens with two attached hydrogens (primary N) is 1. The fraction of sp³-hybridized carbons (Fsp3) is 0.909. The minimum absolute atomic E-state index is 0.119. The number of amides is 1. The lowest BCUT2D eigenvalue weighted by atomic mass is 9.93. The summed E-state index contributed by atoms with van der Waals surface area (Å²) in [6.07, 6.45) is -0.754. The van der Waals surface area contributed by atoms with Crippen molar-refractivity contribution in [3.05, 3.63) is 0 Å². The monoisotopic (exact) mass is 250 g/mol. The van der Waals surface area contributed by atoms with Gasteiger partial charge in [-0.1, -0.05) is 6.42 Å². The third-order valence-corrected chi connectivity index (χ3v) is 4.12. The van der Waals surface area contributed by atoms with Crippen molar-refractivity contribution in [2.45, 2.75) is 50.4 Å². The molecule has 0 aromatic rings. The molecule has 0 heterocycles. The Bertz CT molecular complexity index is 327. The van der Waals surface area contributed by atoms with Crippen molar-refractivity contribution in [1.29, 1.82) is 0 Å². The Morgan fingerprint density at radius 1 is 1.29 bits per heavy atom. The number of halogens is 3. The van der Waals surface area contributed by atoms with Gasteiger partial charge in [0.2, 0.25) is 5.91 Å². The molecule has 4 atom stereocenters. The number of rotatable bonds is 2. The van der Waals surface area contributed by atoms with Gasteiger partial charge >= 0.3 is 6.18 Å². The van der Waals surface area contributed by atoms with E-state index in [9.17, 15) is 18.0 Å². The summed E-state index contributed by atoms with van der Waals surface area (Å²) in [6, 6.07) is -0.119. The van der Waals surface area contributed by atoms with Crippen LogP contribution < -0.4 is 11.1 Å². The molecule has 2 rings (SSSR count). The Kier molecular flexibility index (Phi) is 2.88. The first kappa shape index (κ1) is 12.7. The number of hydrogen-bond acceptors (Lipinski definition) is 2. The lowest BCUT2D eigenvalue weighted by Crippen LogP contribution is -2.63. The summed E-state index contributed by atoms with van der Waals surface area (Å²) >= 11 is 0. The van der Waals surface area contributed by atoms with Crippen molar-refractivity contribution in [1.82, 2.24) is 5.32 Å². The van der Waals surface area contributed by atoms with Crippen LogP contribution in [-0.4, -0.2) is 23.7 Å². The highest BCUT2D eigenvalue weighted by atomic mass is 19.4. The second-order valence-corrected chi connectivity index (χ2v) is 5.45. The standard InChI is InChI=1S/C11H17F3N2O/c1-10(15,11(12,13)14)9(17)16-8-5-6-2-3-7(8)4-6/h6-8H,2-5,15H2,1H3,(H,16,17). The predicted molar refractivity (Wildman–Crippen MR) is 56.0 cm³/mol. The second kappa shape index (κ2) is 3.86. The molecule has 1 amide bonds. The predicted octanol–water partition coefficient (Wildman–Crippen LogP) is 1.57. The van der Waals surface area contributed by atoms with E-state index in [1.807, 2.05) is 0 Å². The van der Waals surface area contributed by atoms with Crippen molar-refractivity contribution in [3.63, 3.8) is 0 Å². The first-order valence-corrected chi connectivity index (χ1v) is 5.88. The maximum Gasteiger partial charge on any atom is 0.415 e. The SMILES string of the molecule is CC(N)(C(=O)NC1CC2CCC1C2)C(F)(F)F. The van der Waals surface area contributed by atoms with Gasteiger partial charge in [-0.2, -0.15) is 13.2 Å². The Hall–Kier alpha value is -0.780. The van der Waals surface area contributed by atoms with E-state index in [1.54, 1.807) is 0 Å². The van der Waals surface area contributed by atoms with Crippen molar-refractivity contribution in [2.24, 2.45) is 17.6 Å². The smallest absolute Gasteiger partial charge is 0.351 e. The highest BCUT2D eigenvalue weighted by molar-refractivity contribution is 5.86. The third-order valence-electron chi connectivity index (χ3n) is 4.12. The molecule has 17 heavy (non-hydrogen) atoms. The van der Waals surface area contributed by atoms with Crippen LogP contribution in [0.2, 0.25) is 0 Å². The van der Waals surface area contributed by atoms with Crippen LogP contribution in [0.3, 0.4) is 0 Å². The molecule has 2 fully saturated rings. The zero-order valence-electron chi connectivity index (χ0n) is 9.68. The molecule has 2 aliphatic carbocycles. The summed E-state index contributed by atoms with van der Waals surface area (Å²) in [6.45, 7) is 0.718. The first-order chi connectivity index (χ1) is 7.72. The molecular formula is C11H17F3N2O. The molecule has 3 N–H and O–H groups in total. The summed E-state index contributed by atoms with van der Waals surface area (Å²) in [7, 11) is 0. The molecular weight excluding hydrogens is 233 g/mol. The van der Waals surface area contributed by atoms with Crippen LogP contribution in [0.4, 0.5) is 13.2 Å². The fourth-order valence-electron chi connectivity index (χ4n) is 2.87. The molecule has 0 radical (unpaired) electrons. The largest absolute Gasteiger partial charge is 0.415 e. The Morgan fingerprint density at radius 2 is 1.94 bits per heavy atom. The van der Waals surface area contributed by atoms with Crippen LogP contribution in [0.15, 0.2) is 0 Å². The normalized spacial score (nSPS) is 35.7. The number of hydrogen-bond donors (Lipinski definition) is 2. The summed E-state index contributed by atoms with van der Waals surface area (Å²) in [5.74, 6) is -0.198. The number of nitrogens with one attached hydrogen (secondary N) is 1. The maximum atomic E-state index is 12.6. The topological polar surface area (TPSA) is 55.1 Å². The zero-order valence-corrected chi connectivity index (χ0v) is 9.68. The second-order valence-electron chi connectivity index (χ2n) is 5.45. The first-order valence-electron chi connectivity index (χ1n) is 5.88. The van der Waals surface area contributed by atoms with E-state index in [0.717, 1.165) is 32.6 Å². The van der Waals surface area contributed by atoms with E-state index >= 15 is 0 Å². The summed E-state index contributed by atoms with van der Waals surface area (Å²) in [5.41, 5.74) is 2.28. The average Bonchev–Trinajstić information content (AvgIpc) is 2.76. The molecule has 2 bridgehead atoms. The van der Waals surface area contributed by atoms with Crippen LogP contribution >= 0.6 is 0 Å². The van der Waals surface area contributed by atoms with Gasteiger partial charge < -0.3 is 11.1 Å². The molecule has 0 aliphatic heterocycles. The molecule has 6 heteroatoms. The van der Waals surface area contributed by atoms with Crippen molar-refractivity contribution < 1.29 is 18.0 Å². The van der Waals surface area contributed by atoms with Crippen LogP contribution in [-0.2, 0) is 4.79 Å². The summed E-state index contributed by atoms with van der Waals surface area (Å²) in [4.78, 5) is 11.6. The maximum absolute atomic E-state index is 12.6. The highest BCUT2D eigenvalue weighted by Crippen LogP contribution is 2.44.